The second-order valence-electron chi connectivity index (χ2n) is 7.02. The molecule has 1 aliphatic heterocycles. The number of aromatic nitrogens is 3. The molecular formula is C21H25N5O2S2. The van der Waals surface area contributed by atoms with Crippen LogP contribution in [-0.2, 0) is 4.79 Å². The van der Waals surface area contributed by atoms with E-state index in [0.29, 0.717) is 12.3 Å². The fraction of sp³-hybridized carbons (Fsp3) is 0.429. The van der Waals surface area contributed by atoms with E-state index < -0.39 is 0 Å². The van der Waals surface area contributed by atoms with Crippen LogP contribution in [0, 0.1) is 0 Å². The van der Waals surface area contributed by atoms with Gasteiger partial charge in [0.1, 0.15) is 21.8 Å². The average Bonchev–Trinajstić information content (AvgIpc) is 3.01. The zero-order valence-corrected chi connectivity index (χ0v) is 18.6. The van der Waals surface area contributed by atoms with Gasteiger partial charge in [0, 0.05) is 18.8 Å². The molecule has 0 radical (unpaired) electrons. The number of amides is 1. The number of ether oxygens (including phenoxy) is 1. The smallest absolute Gasteiger partial charge is 0.234 e. The zero-order chi connectivity index (χ0) is 20.8. The van der Waals surface area contributed by atoms with Gasteiger partial charge < -0.3 is 15.0 Å². The Morgan fingerprint density at radius 3 is 2.67 bits per heavy atom. The molecule has 0 aliphatic carbocycles. The van der Waals surface area contributed by atoms with Gasteiger partial charge in [-0.15, -0.1) is 0 Å². The Hall–Kier alpha value is -2.39. The van der Waals surface area contributed by atoms with E-state index >= 15 is 0 Å². The Kier molecular flexibility index (Phi) is 7.01. The SMILES string of the molecule is CCOc1ccc(NC(=O)CSc2ncnc3nc(N4CCCCCC4)sc23)cc1. The minimum atomic E-state index is -0.0758. The van der Waals surface area contributed by atoms with Gasteiger partial charge in [-0.3, -0.25) is 4.79 Å². The van der Waals surface area contributed by atoms with Crippen molar-refractivity contribution >= 4 is 50.2 Å². The van der Waals surface area contributed by atoms with Crippen molar-refractivity contribution in [2.24, 2.45) is 0 Å². The highest BCUT2D eigenvalue weighted by atomic mass is 32.2. The number of carbonyl (C=O) groups excluding carboxylic acids is 1. The van der Waals surface area contributed by atoms with E-state index in [1.807, 2.05) is 31.2 Å². The molecule has 1 aromatic carbocycles. The van der Waals surface area contributed by atoms with Crippen LogP contribution >= 0.6 is 23.1 Å². The van der Waals surface area contributed by atoms with Gasteiger partial charge in [0.25, 0.3) is 0 Å². The summed E-state index contributed by atoms with van der Waals surface area (Å²) in [7, 11) is 0. The van der Waals surface area contributed by atoms with Gasteiger partial charge >= 0.3 is 0 Å². The quantitative estimate of drug-likeness (QED) is 0.422. The molecule has 0 spiro atoms. The molecule has 0 bridgehead atoms. The Balaban J connectivity index is 1.40. The Bertz CT molecular complexity index is 985. The summed E-state index contributed by atoms with van der Waals surface area (Å²) >= 11 is 3.04. The first-order valence-corrected chi connectivity index (χ1v) is 12.0. The molecule has 1 fully saturated rings. The largest absolute Gasteiger partial charge is 0.494 e. The van der Waals surface area contributed by atoms with Crippen LogP contribution in [0.4, 0.5) is 10.8 Å². The first kappa shape index (κ1) is 20.9. The van der Waals surface area contributed by atoms with Gasteiger partial charge in [-0.05, 0) is 44.0 Å². The van der Waals surface area contributed by atoms with Crippen LogP contribution in [0.3, 0.4) is 0 Å². The number of fused-ring (bicyclic) bond motifs is 1. The van der Waals surface area contributed by atoms with E-state index in [9.17, 15) is 4.79 Å². The molecule has 1 saturated heterocycles. The Morgan fingerprint density at radius 1 is 1.17 bits per heavy atom. The molecule has 0 unspecified atom stereocenters. The van der Waals surface area contributed by atoms with Gasteiger partial charge in [-0.1, -0.05) is 35.9 Å². The second kappa shape index (κ2) is 10.1. The van der Waals surface area contributed by atoms with Gasteiger partial charge in [-0.25, -0.2) is 9.97 Å². The van der Waals surface area contributed by atoms with Crippen molar-refractivity contribution in [3.8, 4) is 5.75 Å². The predicted octanol–water partition coefficient (Wildman–Crippen LogP) is 4.60. The van der Waals surface area contributed by atoms with E-state index in [4.69, 9.17) is 9.72 Å². The van der Waals surface area contributed by atoms with Crippen LogP contribution in [0.1, 0.15) is 32.6 Å². The highest BCUT2D eigenvalue weighted by Crippen LogP contribution is 2.34. The van der Waals surface area contributed by atoms with Crippen molar-refractivity contribution < 1.29 is 9.53 Å². The molecule has 7 nitrogen and oxygen atoms in total. The number of hydrogen-bond donors (Lipinski definition) is 1. The topological polar surface area (TPSA) is 80.2 Å². The molecule has 0 atom stereocenters. The number of rotatable bonds is 7. The fourth-order valence-corrected chi connectivity index (χ4v) is 5.30. The minimum Gasteiger partial charge on any atom is -0.494 e. The molecule has 1 amide bonds. The standard InChI is InChI=1S/C21H25N5O2S2/c1-2-28-16-9-7-15(8-10-16)24-17(27)13-29-20-18-19(22-14-23-20)25-21(30-18)26-11-5-3-4-6-12-26/h7-10,14H,2-6,11-13H2,1H3,(H,24,27). The van der Waals surface area contributed by atoms with E-state index in [1.54, 1.807) is 11.3 Å². The van der Waals surface area contributed by atoms with E-state index in [1.165, 1.54) is 43.8 Å². The fourth-order valence-electron chi connectivity index (χ4n) is 3.35. The maximum Gasteiger partial charge on any atom is 0.234 e. The van der Waals surface area contributed by atoms with Gasteiger partial charge in [-0.2, -0.15) is 4.98 Å². The second-order valence-corrected chi connectivity index (χ2v) is 8.97. The number of nitrogens with one attached hydrogen (secondary N) is 1. The highest BCUT2D eigenvalue weighted by molar-refractivity contribution is 8.00. The van der Waals surface area contributed by atoms with Crippen LogP contribution in [0.2, 0.25) is 0 Å². The molecule has 4 rings (SSSR count). The monoisotopic (exact) mass is 443 g/mol. The number of hydrogen-bond acceptors (Lipinski definition) is 8. The molecule has 1 N–H and O–H groups in total. The number of thiazole rings is 1. The van der Waals surface area contributed by atoms with Crippen molar-refractivity contribution in [3.63, 3.8) is 0 Å². The summed E-state index contributed by atoms with van der Waals surface area (Å²) in [5, 5.41) is 4.73. The van der Waals surface area contributed by atoms with Gasteiger partial charge in [0.15, 0.2) is 10.8 Å². The summed E-state index contributed by atoms with van der Waals surface area (Å²) in [6.07, 6.45) is 6.50. The average molecular weight is 444 g/mol. The summed E-state index contributed by atoms with van der Waals surface area (Å²) in [6.45, 7) is 4.64. The molecule has 2 aromatic heterocycles. The van der Waals surface area contributed by atoms with Gasteiger partial charge in [0.2, 0.25) is 5.91 Å². The number of benzene rings is 1. The lowest BCUT2D eigenvalue weighted by Crippen LogP contribution is -2.23. The number of carbonyl (C=O) groups is 1. The molecule has 3 aromatic rings. The maximum absolute atomic E-state index is 12.4. The highest BCUT2D eigenvalue weighted by Gasteiger charge is 2.18. The molecule has 1 aliphatic rings. The minimum absolute atomic E-state index is 0.0758. The van der Waals surface area contributed by atoms with Crippen LogP contribution in [-0.4, -0.2) is 46.3 Å². The normalized spacial score (nSPS) is 14.5. The third-order valence-electron chi connectivity index (χ3n) is 4.81. The Labute approximate surface area is 184 Å². The lowest BCUT2D eigenvalue weighted by molar-refractivity contribution is -0.113. The lowest BCUT2D eigenvalue weighted by atomic mass is 10.2. The van der Waals surface area contributed by atoms with E-state index in [2.05, 4.69) is 20.2 Å². The van der Waals surface area contributed by atoms with Crippen molar-refractivity contribution in [2.75, 3.05) is 35.7 Å². The molecule has 3 heterocycles. The first-order chi connectivity index (χ1) is 14.7. The summed E-state index contributed by atoms with van der Waals surface area (Å²) in [5.41, 5.74) is 1.46. The van der Waals surface area contributed by atoms with Crippen LogP contribution in [0.15, 0.2) is 35.6 Å². The Morgan fingerprint density at radius 2 is 1.93 bits per heavy atom. The van der Waals surface area contributed by atoms with Crippen LogP contribution in [0.25, 0.3) is 10.3 Å². The predicted molar refractivity (Wildman–Crippen MR) is 123 cm³/mol. The lowest BCUT2D eigenvalue weighted by Gasteiger charge is -2.18. The molecular weight excluding hydrogens is 418 g/mol. The summed E-state index contributed by atoms with van der Waals surface area (Å²) in [4.78, 5) is 28.2. The zero-order valence-electron chi connectivity index (χ0n) is 17.0. The van der Waals surface area contributed by atoms with Crippen LogP contribution in [0.5, 0.6) is 5.75 Å². The summed E-state index contributed by atoms with van der Waals surface area (Å²) in [6, 6.07) is 7.38. The van der Waals surface area contributed by atoms with Gasteiger partial charge in [0.05, 0.1) is 12.4 Å². The summed E-state index contributed by atoms with van der Waals surface area (Å²) < 4.78 is 6.38. The van der Waals surface area contributed by atoms with Crippen molar-refractivity contribution in [3.05, 3.63) is 30.6 Å². The molecule has 9 heteroatoms. The third-order valence-corrected chi connectivity index (χ3v) is 7.04. The molecule has 0 saturated carbocycles. The number of nitrogens with zero attached hydrogens (tertiary/aromatic N) is 4. The first-order valence-electron chi connectivity index (χ1n) is 10.2. The number of anilines is 2. The van der Waals surface area contributed by atoms with Crippen molar-refractivity contribution in [1.29, 1.82) is 0 Å². The van der Waals surface area contributed by atoms with E-state index in [0.717, 1.165) is 39.4 Å². The van der Waals surface area contributed by atoms with E-state index in [-0.39, 0.29) is 11.7 Å². The maximum atomic E-state index is 12.4. The third kappa shape index (κ3) is 5.20. The molecule has 30 heavy (non-hydrogen) atoms. The van der Waals surface area contributed by atoms with Crippen molar-refractivity contribution in [2.45, 2.75) is 37.6 Å². The summed E-state index contributed by atoms with van der Waals surface area (Å²) in [5.74, 6) is 0.989. The number of thioether (sulfide) groups is 1. The van der Waals surface area contributed by atoms with Crippen molar-refractivity contribution in [1.82, 2.24) is 15.0 Å². The molecule has 158 valence electrons. The van der Waals surface area contributed by atoms with Crippen LogP contribution < -0.4 is 15.0 Å².